The third kappa shape index (κ3) is 6.37. The maximum Gasteiger partial charge on any atom is 0.331 e. The van der Waals surface area contributed by atoms with Crippen LogP contribution in [0.25, 0.3) is 6.08 Å². The summed E-state index contributed by atoms with van der Waals surface area (Å²) >= 11 is 3.45. The first kappa shape index (κ1) is 26.4. The summed E-state index contributed by atoms with van der Waals surface area (Å²) < 4.78 is 11.9. The van der Waals surface area contributed by atoms with Crippen molar-refractivity contribution in [2.45, 2.75) is 45.1 Å². The van der Waals surface area contributed by atoms with Gasteiger partial charge >= 0.3 is 6.03 Å². The van der Waals surface area contributed by atoms with Crippen molar-refractivity contribution >= 4 is 51.4 Å². The number of hydrogen-bond acceptors (Lipinski definition) is 6. The van der Waals surface area contributed by atoms with E-state index in [9.17, 15) is 19.2 Å². The fourth-order valence-corrected chi connectivity index (χ4v) is 5.01. The number of benzene rings is 2. The zero-order valence-corrected chi connectivity index (χ0v) is 22.0. The van der Waals surface area contributed by atoms with Crippen LogP contribution in [0.15, 0.2) is 52.5 Å². The fraction of sp³-hybridized carbons (Fsp3) is 0.333. The third-order valence-electron chi connectivity index (χ3n) is 6.12. The normalized spacial score (nSPS) is 17.5. The molecular weight excluding hydrogens is 542 g/mol. The molecule has 0 spiro atoms. The lowest BCUT2D eigenvalue weighted by atomic mass is 9.93. The molecule has 4 rings (SSSR count). The van der Waals surface area contributed by atoms with E-state index >= 15 is 0 Å². The van der Waals surface area contributed by atoms with E-state index in [4.69, 9.17) is 9.47 Å². The molecule has 2 aromatic carbocycles. The molecule has 1 aliphatic carbocycles. The highest BCUT2D eigenvalue weighted by Crippen LogP contribution is 2.38. The van der Waals surface area contributed by atoms with Crippen molar-refractivity contribution in [1.82, 2.24) is 10.2 Å². The van der Waals surface area contributed by atoms with E-state index in [1.807, 2.05) is 18.2 Å². The molecule has 0 atom stereocenters. The predicted molar refractivity (Wildman–Crippen MR) is 141 cm³/mol. The molecule has 1 saturated carbocycles. The molecule has 9 nitrogen and oxygen atoms in total. The molecule has 1 heterocycles. The van der Waals surface area contributed by atoms with Crippen LogP contribution in [0.3, 0.4) is 0 Å². The average molecular weight is 570 g/mol. The van der Waals surface area contributed by atoms with Gasteiger partial charge in [-0.25, -0.2) is 4.79 Å². The molecule has 2 aromatic rings. The highest BCUT2D eigenvalue weighted by molar-refractivity contribution is 9.10. The topological polar surface area (TPSA) is 114 Å². The number of hydrogen-bond donors (Lipinski definition) is 2. The number of amides is 5. The van der Waals surface area contributed by atoms with Crippen LogP contribution in [0.2, 0.25) is 0 Å². The smallest absolute Gasteiger partial charge is 0.331 e. The number of imide groups is 2. The minimum absolute atomic E-state index is 0.129. The van der Waals surface area contributed by atoms with E-state index in [2.05, 4.69) is 26.6 Å². The second kappa shape index (κ2) is 12.1. The van der Waals surface area contributed by atoms with E-state index < -0.39 is 17.8 Å². The highest BCUT2D eigenvalue weighted by atomic mass is 79.9. The van der Waals surface area contributed by atoms with Crippen LogP contribution in [0, 0.1) is 0 Å². The Morgan fingerprint density at radius 3 is 2.54 bits per heavy atom. The Balaban J connectivity index is 1.55. The first-order valence-electron chi connectivity index (χ1n) is 12.2. The third-order valence-corrected chi connectivity index (χ3v) is 6.71. The first-order valence-corrected chi connectivity index (χ1v) is 13.0. The van der Waals surface area contributed by atoms with Gasteiger partial charge in [0.2, 0.25) is 0 Å². The maximum atomic E-state index is 13.2. The summed E-state index contributed by atoms with van der Waals surface area (Å²) in [6.07, 6.45) is 5.82. The minimum atomic E-state index is -0.742. The summed E-state index contributed by atoms with van der Waals surface area (Å²) in [4.78, 5) is 51.8. The van der Waals surface area contributed by atoms with Gasteiger partial charge in [0.05, 0.1) is 11.1 Å². The molecule has 2 fully saturated rings. The number of nitrogens with zero attached hydrogens (tertiary/aromatic N) is 1. The summed E-state index contributed by atoms with van der Waals surface area (Å²) in [5, 5.41) is 5.04. The number of carbonyl (C=O) groups excluding carboxylic acids is 4. The molecule has 0 aromatic heterocycles. The molecular formula is C27H28BrN3O6. The van der Waals surface area contributed by atoms with E-state index in [0.29, 0.717) is 33.8 Å². The Hall–Kier alpha value is -3.66. The number of urea groups is 1. The van der Waals surface area contributed by atoms with Gasteiger partial charge in [-0.05, 0) is 71.6 Å². The van der Waals surface area contributed by atoms with Crippen molar-refractivity contribution in [3.63, 3.8) is 0 Å². The van der Waals surface area contributed by atoms with E-state index in [0.717, 1.165) is 32.1 Å². The van der Waals surface area contributed by atoms with E-state index in [1.54, 1.807) is 31.2 Å². The van der Waals surface area contributed by atoms with Gasteiger partial charge in [0.25, 0.3) is 17.7 Å². The molecule has 5 amide bonds. The molecule has 0 unspecified atom stereocenters. The molecule has 37 heavy (non-hydrogen) atoms. The summed E-state index contributed by atoms with van der Waals surface area (Å²) in [5.41, 5.74) is 1.02. The van der Waals surface area contributed by atoms with Crippen molar-refractivity contribution in [3.05, 3.63) is 58.1 Å². The molecule has 1 aliphatic heterocycles. The second-order valence-electron chi connectivity index (χ2n) is 8.75. The van der Waals surface area contributed by atoms with Gasteiger partial charge in [-0.1, -0.05) is 37.5 Å². The quantitative estimate of drug-likeness (QED) is 0.353. The number of para-hydroxylation sites is 1. The molecule has 0 bridgehead atoms. The SMILES string of the molecule is CCOc1cc(C=C2C(=O)NC(=O)N(C3CCCCC3)C2=O)cc(Br)c1OCC(=O)Nc1ccccc1. The number of halogens is 1. The van der Waals surface area contributed by atoms with Gasteiger partial charge in [0.1, 0.15) is 5.57 Å². The fourth-order valence-electron chi connectivity index (χ4n) is 4.44. The monoisotopic (exact) mass is 569 g/mol. The summed E-state index contributed by atoms with van der Waals surface area (Å²) in [7, 11) is 0. The van der Waals surface area contributed by atoms with Crippen LogP contribution < -0.4 is 20.1 Å². The Kier molecular flexibility index (Phi) is 8.60. The van der Waals surface area contributed by atoms with Crippen LogP contribution >= 0.6 is 15.9 Å². The van der Waals surface area contributed by atoms with Crippen LogP contribution in [0.4, 0.5) is 10.5 Å². The zero-order chi connectivity index (χ0) is 26.4. The number of ether oxygens (including phenoxy) is 2. The van der Waals surface area contributed by atoms with Crippen molar-refractivity contribution in [2.24, 2.45) is 0 Å². The largest absolute Gasteiger partial charge is 0.490 e. The Bertz CT molecular complexity index is 1220. The van der Waals surface area contributed by atoms with E-state index in [-0.39, 0.29) is 24.1 Å². The van der Waals surface area contributed by atoms with Crippen LogP contribution in [-0.2, 0) is 14.4 Å². The van der Waals surface area contributed by atoms with Crippen molar-refractivity contribution in [1.29, 1.82) is 0 Å². The molecule has 2 N–H and O–H groups in total. The number of barbiturate groups is 1. The van der Waals surface area contributed by atoms with Gasteiger partial charge in [0, 0.05) is 11.7 Å². The lowest BCUT2D eigenvalue weighted by Crippen LogP contribution is -2.58. The van der Waals surface area contributed by atoms with Gasteiger partial charge in [-0.2, -0.15) is 0 Å². The first-order chi connectivity index (χ1) is 17.9. The van der Waals surface area contributed by atoms with Gasteiger partial charge in [-0.3, -0.25) is 24.6 Å². The number of carbonyl (C=O) groups is 4. The number of anilines is 1. The maximum absolute atomic E-state index is 13.2. The molecule has 2 aliphatic rings. The summed E-state index contributed by atoms with van der Waals surface area (Å²) in [5.74, 6) is -1.05. The zero-order valence-electron chi connectivity index (χ0n) is 20.4. The predicted octanol–water partition coefficient (Wildman–Crippen LogP) is 4.66. The molecule has 10 heteroatoms. The Labute approximate surface area is 223 Å². The van der Waals surface area contributed by atoms with Crippen molar-refractivity contribution in [2.75, 3.05) is 18.5 Å². The standard InChI is InChI=1S/C27H28BrN3O6/c1-2-36-22-15-17(14-21(28)24(22)37-16-23(32)29-18-9-5-3-6-10-18)13-20-25(33)30-27(35)31(26(20)34)19-11-7-4-8-12-19/h3,5-6,9-10,13-15,19H,2,4,7-8,11-12,16H2,1H3,(H,29,32)(H,30,33,35). The average Bonchev–Trinajstić information content (AvgIpc) is 2.87. The summed E-state index contributed by atoms with van der Waals surface area (Å²) in [6.45, 7) is 1.87. The van der Waals surface area contributed by atoms with Crippen molar-refractivity contribution in [3.8, 4) is 11.5 Å². The molecule has 194 valence electrons. The van der Waals surface area contributed by atoms with Crippen LogP contribution in [0.1, 0.15) is 44.6 Å². The summed E-state index contributed by atoms with van der Waals surface area (Å²) in [6, 6.07) is 11.4. The molecule has 0 radical (unpaired) electrons. The second-order valence-corrected chi connectivity index (χ2v) is 9.60. The Morgan fingerprint density at radius 2 is 1.84 bits per heavy atom. The molecule has 1 saturated heterocycles. The van der Waals surface area contributed by atoms with Gasteiger partial charge in [-0.15, -0.1) is 0 Å². The number of rotatable bonds is 8. The van der Waals surface area contributed by atoms with Gasteiger partial charge in [0.15, 0.2) is 18.1 Å². The van der Waals surface area contributed by atoms with E-state index in [1.165, 1.54) is 11.0 Å². The minimum Gasteiger partial charge on any atom is -0.490 e. The van der Waals surface area contributed by atoms with Crippen LogP contribution in [-0.4, -0.2) is 47.9 Å². The lowest BCUT2D eigenvalue weighted by Gasteiger charge is -2.35. The number of nitrogens with one attached hydrogen (secondary N) is 2. The van der Waals surface area contributed by atoms with Crippen molar-refractivity contribution < 1.29 is 28.7 Å². The lowest BCUT2D eigenvalue weighted by molar-refractivity contribution is -0.132. The highest BCUT2D eigenvalue weighted by Gasteiger charge is 2.40. The van der Waals surface area contributed by atoms with Gasteiger partial charge < -0.3 is 14.8 Å². The Morgan fingerprint density at radius 1 is 1.11 bits per heavy atom. The van der Waals surface area contributed by atoms with Crippen LogP contribution in [0.5, 0.6) is 11.5 Å².